The fourth-order valence-electron chi connectivity index (χ4n) is 1.98. The van der Waals surface area contributed by atoms with Gasteiger partial charge >= 0.3 is 0 Å². The normalized spacial score (nSPS) is 10.6. The average Bonchev–Trinajstić information content (AvgIpc) is 2.44. The summed E-state index contributed by atoms with van der Waals surface area (Å²) in [6.45, 7) is 8.81. The summed E-state index contributed by atoms with van der Waals surface area (Å²) in [7, 11) is 0. The molecule has 0 unspecified atom stereocenters. The zero-order valence-electron chi connectivity index (χ0n) is 13.5. The lowest BCUT2D eigenvalue weighted by Gasteiger charge is -2.10. The van der Waals surface area contributed by atoms with Crippen molar-refractivity contribution in [3.05, 3.63) is 47.3 Å². The van der Waals surface area contributed by atoms with Gasteiger partial charge in [-0.05, 0) is 43.5 Å². The number of rotatable bonds is 5. The van der Waals surface area contributed by atoms with E-state index in [1.54, 1.807) is 6.07 Å². The summed E-state index contributed by atoms with van der Waals surface area (Å²) in [5.41, 5.74) is 2.98. The van der Waals surface area contributed by atoms with Gasteiger partial charge < -0.3 is 10.6 Å². The van der Waals surface area contributed by atoms with Crippen LogP contribution in [0.4, 0.5) is 11.6 Å². The summed E-state index contributed by atoms with van der Waals surface area (Å²) in [6, 6.07) is 9.36. The molecule has 1 aromatic carbocycles. The molecule has 0 radical (unpaired) electrons. The number of aromatic nitrogens is 2. The summed E-state index contributed by atoms with van der Waals surface area (Å²) in [6.07, 6.45) is 0. The molecule has 1 aromatic heterocycles. The first kappa shape index (κ1) is 15.9. The molecule has 0 atom stereocenters. The average molecular weight is 298 g/mol. The van der Waals surface area contributed by atoms with E-state index in [9.17, 15) is 4.79 Å². The largest absolute Gasteiger partial charge is 0.354 e. The molecule has 116 valence electrons. The third-order valence-electron chi connectivity index (χ3n) is 3.03. The maximum absolute atomic E-state index is 12.3. The maximum atomic E-state index is 12.3. The number of anilines is 2. The molecule has 0 saturated heterocycles. The molecule has 0 aliphatic rings. The van der Waals surface area contributed by atoms with Gasteiger partial charge in [0, 0.05) is 17.9 Å². The third kappa shape index (κ3) is 4.55. The van der Waals surface area contributed by atoms with Crippen molar-refractivity contribution in [3.63, 3.8) is 0 Å². The molecule has 0 bridgehead atoms. The highest BCUT2D eigenvalue weighted by atomic mass is 16.1. The molecular formula is C17H22N4O. The van der Waals surface area contributed by atoms with Gasteiger partial charge in [0.25, 0.3) is 5.91 Å². The van der Waals surface area contributed by atoms with Crippen LogP contribution in [0.25, 0.3) is 0 Å². The second-order valence-corrected chi connectivity index (χ2v) is 5.82. The predicted octanol–water partition coefficient (Wildman–Crippen LogP) is 3.41. The first-order valence-corrected chi connectivity index (χ1v) is 7.41. The molecule has 0 aliphatic heterocycles. The molecule has 5 nitrogen and oxygen atoms in total. The number of nitrogens with one attached hydrogen (secondary N) is 2. The van der Waals surface area contributed by atoms with E-state index in [-0.39, 0.29) is 5.91 Å². The molecular weight excluding hydrogens is 276 g/mol. The minimum Gasteiger partial charge on any atom is -0.354 e. The molecule has 0 saturated carbocycles. The lowest BCUT2D eigenvalue weighted by atomic mass is 10.2. The highest BCUT2D eigenvalue weighted by Gasteiger charge is 2.11. The minimum atomic E-state index is -0.233. The topological polar surface area (TPSA) is 66.9 Å². The Hall–Kier alpha value is -2.43. The van der Waals surface area contributed by atoms with Crippen molar-refractivity contribution in [2.75, 3.05) is 17.2 Å². The van der Waals surface area contributed by atoms with Gasteiger partial charge in [0.2, 0.25) is 5.95 Å². The number of aryl methyl sites for hydroxylation is 2. The molecule has 5 heteroatoms. The van der Waals surface area contributed by atoms with Crippen LogP contribution in [0, 0.1) is 19.8 Å². The third-order valence-corrected chi connectivity index (χ3v) is 3.03. The van der Waals surface area contributed by atoms with Crippen LogP contribution in [0.1, 0.15) is 35.6 Å². The molecule has 2 rings (SSSR count). The second-order valence-electron chi connectivity index (χ2n) is 5.82. The highest BCUT2D eigenvalue weighted by molar-refractivity contribution is 6.03. The van der Waals surface area contributed by atoms with E-state index in [0.717, 1.165) is 23.5 Å². The van der Waals surface area contributed by atoms with E-state index in [1.807, 2.05) is 38.1 Å². The van der Waals surface area contributed by atoms with E-state index >= 15 is 0 Å². The Morgan fingerprint density at radius 1 is 1.18 bits per heavy atom. The van der Waals surface area contributed by atoms with Crippen molar-refractivity contribution in [2.24, 2.45) is 5.92 Å². The van der Waals surface area contributed by atoms with Gasteiger partial charge in [0.1, 0.15) is 5.69 Å². The summed E-state index contributed by atoms with van der Waals surface area (Å²) >= 11 is 0. The van der Waals surface area contributed by atoms with Gasteiger partial charge in [-0.15, -0.1) is 0 Å². The molecule has 2 aromatic rings. The lowest BCUT2D eigenvalue weighted by molar-refractivity contribution is 0.102. The van der Waals surface area contributed by atoms with Crippen LogP contribution in [0.15, 0.2) is 30.3 Å². The first-order valence-electron chi connectivity index (χ1n) is 7.41. The van der Waals surface area contributed by atoms with Crippen LogP contribution in [0.3, 0.4) is 0 Å². The van der Waals surface area contributed by atoms with Crippen LogP contribution in [0.2, 0.25) is 0 Å². The summed E-state index contributed by atoms with van der Waals surface area (Å²) < 4.78 is 0. The lowest BCUT2D eigenvalue weighted by Crippen LogP contribution is -2.17. The van der Waals surface area contributed by atoms with Crippen LogP contribution in [-0.2, 0) is 0 Å². The van der Waals surface area contributed by atoms with E-state index in [2.05, 4.69) is 34.4 Å². The van der Waals surface area contributed by atoms with Gasteiger partial charge in [-0.1, -0.05) is 26.0 Å². The van der Waals surface area contributed by atoms with Crippen molar-refractivity contribution in [1.29, 1.82) is 0 Å². The number of carbonyl (C=O) groups is 1. The van der Waals surface area contributed by atoms with E-state index in [4.69, 9.17) is 0 Å². The number of hydrogen-bond donors (Lipinski definition) is 2. The van der Waals surface area contributed by atoms with Gasteiger partial charge in [0.15, 0.2) is 0 Å². The first-order chi connectivity index (χ1) is 10.4. The van der Waals surface area contributed by atoms with Crippen molar-refractivity contribution < 1.29 is 4.79 Å². The van der Waals surface area contributed by atoms with Crippen LogP contribution in [-0.4, -0.2) is 22.4 Å². The molecule has 1 heterocycles. The van der Waals surface area contributed by atoms with Crippen LogP contribution >= 0.6 is 0 Å². The van der Waals surface area contributed by atoms with E-state index in [0.29, 0.717) is 17.6 Å². The van der Waals surface area contributed by atoms with Crippen LogP contribution < -0.4 is 10.6 Å². The molecule has 1 amide bonds. The van der Waals surface area contributed by atoms with Gasteiger partial charge in [-0.3, -0.25) is 4.79 Å². The fraction of sp³-hybridized carbons (Fsp3) is 0.353. The molecule has 0 aliphatic carbocycles. The molecule has 22 heavy (non-hydrogen) atoms. The van der Waals surface area contributed by atoms with Gasteiger partial charge in [0.05, 0.1) is 0 Å². The smallest absolute Gasteiger partial charge is 0.274 e. The predicted molar refractivity (Wildman–Crippen MR) is 89.2 cm³/mol. The van der Waals surface area contributed by atoms with Crippen molar-refractivity contribution in [1.82, 2.24) is 9.97 Å². The Labute approximate surface area is 131 Å². The van der Waals surface area contributed by atoms with Crippen molar-refractivity contribution >= 4 is 17.5 Å². The standard InChI is InChI=1S/C17H22N4O/c1-11(2)10-18-17-19-13(4)9-15(21-17)16(22)20-14-7-5-6-12(3)8-14/h5-9,11H,10H2,1-4H3,(H,20,22)(H,18,19,21). The minimum absolute atomic E-state index is 0.233. The van der Waals surface area contributed by atoms with Crippen molar-refractivity contribution in [2.45, 2.75) is 27.7 Å². The summed E-state index contributed by atoms with van der Waals surface area (Å²) in [5, 5.41) is 6.01. The van der Waals surface area contributed by atoms with E-state index in [1.165, 1.54) is 0 Å². The van der Waals surface area contributed by atoms with Crippen molar-refractivity contribution in [3.8, 4) is 0 Å². The maximum Gasteiger partial charge on any atom is 0.274 e. The second kappa shape index (κ2) is 7.02. The Morgan fingerprint density at radius 2 is 1.95 bits per heavy atom. The Balaban J connectivity index is 2.15. The van der Waals surface area contributed by atoms with Gasteiger partial charge in [-0.25, -0.2) is 9.97 Å². The monoisotopic (exact) mass is 298 g/mol. The molecule has 2 N–H and O–H groups in total. The summed E-state index contributed by atoms with van der Waals surface area (Å²) in [4.78, 5) is 20.9. The molecule has 0 fully saturated rings. The zero-order chi connectivity index (χ0) is 16.1. The zero-order valence-corrected chi connectivity index (χ0v) is 13.5. The SMILES string of the molecule is Cc1cccc(NC(=O)c2cc(C)nc(NCC(C)C)n2)c1. The Kier molecular flexibility index (Phi) is 5.09. The number of amides is 1. The van der Waals surface area contributed by atoms with E-state index < -0.39 is 0 Å². The number of benzene rings is 1. The van der Waals surface area contributed by atoms with Gasteiger partial charge in [-0.2, -0.15) is 0 Å². The fourth-order valence-corrected chi connectivity index (χ4v) is 1.98. The number of hydrogen-bond acceptors (Lipinski definition) is 4. The number of nitrogens with zero attached hydrogens (tertiary/aromatic N) is 2. The Bertz CT molecular complexity index is 667. The number of carbonyl (C=O) groups excluding carboxylic acids is 1. The Morgan fingerprint density at radius 3 is 2.64 bits per heavy atom. The molecule has 0 spiro atoms. The van der Waals surface area contributed by atoms with Crippen LogP contribution in [0.5, 0.6) is 0 Å². The quantitative estimate of drug-likeness (QED) is 0.887. The highest BCUT2D eigenvalue weighted by Crippen LogP contribution is 2.12. The summed E-state index contributed by atoms with van der Waals surface area (Å²) in [5.74, 6) is 0.737.